The Bertz CT molecular complexity index is 417. The Morgan fingerprint density at radius 2 is 2.19 bits per heavy atom. The highest BCUT2D eigenvalue weighted by atomic mass is 35.5. The number of anilines is 1. The van der Waals surface area contributed by atoms with Crippen LogP contribution in [0.1, 0.15) is 13.8 Å². The van der Waals surface area contributed by atoms with Crippen molar-refractivity contribution in [1.29, 1.82) is 0 Å². The van der Waals surface area contributed by atoms with Crippen molar-refractivity contribution in [3.05, 3.63) is 29.3 Å². The molecule has 86 valence electrons. The number of benzene rings is 1. The topological polar surface area (TPSA) is 32.3 Å². The second-order valence-corrected chi connectivity index (χ2v) is 4.88. The summed E-state index contributed by atoms with van der Waals surface area (Å²) >= 11 is 5.97. The molecule has 1 aromatic carbocycles. The lowest BCUT2D eigenvalue weighted by Crippen LogP contribution is -2.62. The van der Waals surface area contributed by atoms with Crippen LogP contribution >= 0.6 is 11.6 Å². The third-order valence-electron chi connectivity index (χ3n) is 2.97. The third kappa shape index (κ3) is 1.87. The van der Waals surface area contributed by atoms with Crippen molar-refractivity contribution in [2.45, 2.75) is 19.4 Å². The predicted octanol–water partition coefficient (Wildman–Crippen LogP) is 2.05. The molecule has 2 rings (SSSR count). The summed E-state index contributed by atoms with van der Waals surface area (Å²) in [7, 11) is 0. The number of halogens is 1. The molecular weight excluding hydrogens is 224 g/mol. The molecule has 0 atom stereocenters. The summed E-state index contributed by atoms with van der Waals surface area (Å²) in [5.41, 5.74) is 0.468. The van der Waals surface area contributed by atoms with Crippen molar-refractivity contribution in [3.63, 3.8) is 0 Å². The van der Waals surface area contributed by atoms with Crippen molar-refractivity contribution in [1.82, 2.24) is 5.32 Å². The van der Waals surface area contributed by atoms with Gasteiger partial charge in [-0.3, -0.25) is 4.79 Å². The molecule has 1 aliphatic rings. The Balaban J connectivity index is 2.36. The first-order valence-corrected chi connectivity index (χ1v) is 5.71. The van der Waals surface area contributed by atoms with Gasteiger partial charge in [0.15, 0.2) is 0 Å². The molecule has 0 unspecified atom stereocenters. The number of nitrogens with zero attached hydrogens (tertiary/aromatic N) is 1. The molecule has 1 aromatic rings. The molecule has 16 heavy (non-hydrogen) atoms. The first-order chi connectivity index (χ1) is 7.51. The van der Waals surface area contributed by atoms with E-state index in [4.69, 9.17) is 11.6 Å². The van der Waals surface area contributed by atoms with Crippen molar-refractivity contribution in [2.24, 2.45) is 0 Å². The van der Waals surface area contributed by atoms with Crippen molar-refractivity contribution >= 4 is 23.2 Å². The van der Waals surface area contributed by atoms with Gasteiger partial charge in [0.25, 0.3) is 0 Å². The monoisotopic (exact) mass is 238 g/mol. The summed E-state index contributed by atoms with van der Waals surface area (Å²) in [5, 5.41) is 3.57. The number of rotatable bonds is 1. The van der Waals surface area contributed by atoms with Crippen LogP contribution < -0.4 is 10.2 Å². The van der Waals surface area contributed by atoms with Gasteiger partial charge in [-0.15, -0.1) is 0 Å². The number of piperazine rings is 1. The normalized spacial score (nSPS) is 19.4. The Morgan fingerprint density at radius 1 is 1.44 bits per heavy atom. The van der Waals surface area contributed by atoms with Gasteiger partial charge in [-0.2, -0.15) is 0 Å². The lowest BCUT2D eigenvalue weighted by atomic mass is 9.98. The zero-order valence-electron chi connectivity index (χ0n) is 9.46. The van der Waals surface area contributed by atoms with Crippen LogP contribution in [-0.2, 0) is 4.79 Å². The van der Waals surface area contributed by atoms with Crippen LogP contribution in [0.5, 0.6) is 0 Å². The predicted molar refractivity (Wildman–Crippen MR) is 65.9 cm³/mol. The van der Waals surface area contributed by atoms with E-state index in [2.05, 4.69) is 10.2 Å². The van der Waals surface area contributed by atoms with Gasteiger partial charge in [-0.05, 0) is 32.0 Å². The van der Waals surface area contributed by atoms with Crippen LogP contribution in [0.15, 0.2) is 24.3 Å². The van der Waals surface area contributed by atoms with Gasteiger partial charge >= 0.3 is 0 Å². The Hall–Kier alpha value is -1.22. The molecule has 1 heterocycles. The lowest BCUT2D eigenvalue weighted by Gasteiger charge is -2.42. The van der Waals surface area contributed by atoms with Crippen molar-refractivity contribution in [3.8, 4) is 0 Å². The highest BCUT2D eigenvalue weighted by Gasteiger charge is 2.37. The van der Waals surface area contributed by atoms with E-state index in [1.165, 1.54) is 0 Å². The molecule has 0 aliphatic carbocycles. The van der Waals surface area contributed by atoms with Crippen LogP contribution in [0.2, 0.25) is 5.02 Å². The summed E-state index contributed by atoms with van der Waals surface area (Å²) in [6, 6.07) is 7.61. The van der Waals surface area contributed by atoms with Crippen LogP contribution in [0, 0.1) is 0 Å². The molecule has 1 saturated heterocycles. The largest absolute Gasteiger partial charge is 0.356 e. The SMILES string of the molecule is CC1(C)C(=O)NCCN1c1cccc(Cl)c1. The maximum Gasteiger partial charge on any atom is 0.245 e. The van der Waals surface area contributed by atoms with Gasteiger partial charge in [0.1, 0.15) is 5.54 Å². The number of hydrogen-bond donors (Lipinski definition) is 1. The van der Waals surface area contributed by atoms with E-state index in [0.29, 0.717) is 11.6 Å². The third-order valence-corrected chi connectivity index (χ3v) is 3.21. The molecule has 0 saturated carbocycles. The fourth-order valence-electron chi connectivity index (χ4n) is 2.00. The average molecular weight is 239 g/mol. The molecule has 1 aliphatic heterocycles. The fraction of sp³-hybridized carbons (Fsp3) is 0.417. The molecule has 4 heteroatoms. The number of amides is 1. The van der Waals surface area contributed by atoms with Crippen LogP contribution in [0.3, 0.4) is 0 Å². The number of carbonyl (C=O) groups excluding carboxylic acids is 1. The quantitative estimate of drug-likeness (QED) is 0.812. The zero-order chi connectivity index (χ0) is 11.8. The number of nitrogens with one attached hydrogen (secondary N) is 1. The Kier molecular flexibility index (Phi) is 2.80. The summed E-state index contributed by atoms with van der Waals surface area (Å²) < 4.78 is 0. The molecule has 1 N–H and O–H groups in total. The van der Waals surface area contributed by atoms with E-state index in [-0.39, 0.29) is 5.91 Å². The van der Waals surface area contributed by atoms with Gasteiger partial charge in [0, 0.05) is 23.8 Å². The number of hydrogen-bond acceptors (Lipinski definition) is 2. The van der Waals surface area contributed by atoms with Gasteiger partial charge in [0.2, 0.25) is 5.91 Å². The fourth-order valence-corrected chi connectivity index (χ4v) is 2.18. The first kappa shape index (κ1) is 11.3. The minimum Gasteiger partial charge on any atom is -0.356 e. The molecular formula is C12H15ClN2O. The van der Waals surface area contributed by atoms with Crippen LogP contribution in [0.25, 0.3) is 0 Å². The highest BCUT2D eigenvalue weighted by Crippen LogP contribution is 2.27. The zero-order valence-corrected chi connectivity index (χ0v) is 10.2. The molecule has 1 amide bonds. The summed E-state index contributed by atoms with van der Waals surface area (Å²) in [6.45, 7) is 5.32. The second-order valence-electron chi connectivity index (χ2n) is 4.45. The van der Waals surface area contributed by atoms with Gasteiger partial charge in [-0.25, -0.2) is 0 Å². The molecule has 1 fully saturated rings. The van der Waals surface area contributed by atoms with Crippen LogP contribution in [0.4, 0.5) is 5.69 Å². The van der Waals surface area contributed by atoms with E-state index < -0.39 is 5.54 Å². The van der Waals surface area contributed by atoms with Crippen molar-refractivity contribution in [2.75, 3.05) is 18.0 Å². The molecule has 0 aromatic heterocycles. The second kappa shape index (κ2) is 3.98. The van der Waals surface area contributed by atoms with Crippen molar-refractivity contribution < 1.29 is 4.79 Å². The maximum atomic E-state index is 11.8. The minimum absolute atomic E-state index is 0.0544. The summed E-state index contributed by atoms with van der Waals surface area (Å²) in [4.78, 5) is 13.9. The standard InChI is InChI=1S/C12H15ClN2O/c1-12(2)11(16)14-6-7-15(12)10-5-3-4-9(13)8-10/h3-5,8H,6-7H2,1-2H3,(H,14,16). The highest BCUT2D eigenvalue weighted by molar-refractivity contribution is 6.30. The lowest BCUT2D eigenvalue weighted by molar-refractivity contribution is -0.126. The number of carbonyl (C=O) groups is 1. The Labute approximate surface area is 100 Å². The van der Waals surface area contributed by atoms with E-state index in [9.17, 15) is 4.79 Å². The molecule has 0 spiro atoms. The summed E-state index contributed by atoms with van der Waals surface area (Å²) in [5.74, 6) is 0.0544. The molecule has 3 nitrogen and oxygen atoms in total. The maximum absolute atomic E-state index is 11.8. The summed E-state index contributed by atoms with van der Waals surface area (Å²) in [6.07, 6.45) is 0. The van der Waals surface area contributed by atoms with Gasteiger partial charge in [-0.1, -0.05) is 17.7 Å². The van der Waals surface area contributed by atoms with E-state index >= 15 is 0 Å². The van der Waals surface area contributed by atoms with Gasteiger partial charge in [0.05, 0.1) is 0 Å². The van der Waals surface area contributed by atoms with E-state index in [1.807, 2.05) is 38.1 Å². The van der Waals surface area contributed by atoms with E-state index in [0.717, 1.165) is 12.2 Å². The first-order valence-electron chi connectivity index (χ1n) is 5.33. The van der Waals surface area contributed by atoms with E-state index in [1.54, 1.807) is 0 Å². The molecule has 0 radical (unpaired) electrons. The van der Waals surface area contributed by atoms with Gasteiger partial charge < -0.3 is 10.2 Å². The Morgan fingerprint density at radius 3 is 2.88 bits per heavy atom. The average Bonchev–Trinajstić information content (AvgIpc) is 2.22. The smallest absolute Gasteiger partial charge is 0.245 e. The minimum atomic E-state index is -0.525. The van der Waals surface area contributed by atoms with Crippen LogP contribution in [-0.4, -0.2) is 24.5 Å². The molecule has 0 bridgehead atoms.